The lowest BCUT2D eigenvalue weighted by Gasteiger charge is -2.38. The molecule has 4 heteroatoms. The molecule has 0 aliphatic heterocycles. The summed E-state index contributed by atoms with van der Waals surface area (Å²) in [7, 11) is 0. The number of carbonyl (C=O) groups excluding carboxylic acids is 2. The minimum absolute atomic E-state index is 0.0504. The van der Waals surface area contributed by atoms with Crippen LogP contribution in [0.5, 0.6) is 0 Å². The van der Waals surface area contributed by atoms with Crippen molar-refractivity contribution in [3.63, 3.8) is 0 Å². The van der Waals surface area contributed by atoms with Crippen molar-refractivity contribution in [1.29, 1.82) is 0 Å². The third-order valence-corrected chi connectivity index (χ3v) is 8.78. The van der Waals surface area contributed by atoms with Crippen LogP contribution in [-0.4, -0.2) is 23.1 Å². The van der Waals surface area contributed by atoms with Gasteiger partial charge in [0.1, 0.15) is 11.2 Å². The lowest BCUT2D eigenvalue weighted by molar-refractivity contribution is -0.175. The molecule has 0 aromatic rings. The second-order valence-corrected chi connectivity index (χ2v) is 11.6. The molecule has 0 heterocycles. The van der Waals surface area contributed by atoms with Crippen molar-refractivity contribution in [2.24, 2.45) is 40.9 Å². The van der Waals surface area contributed by atoms with Crippen LogP contribution in [0.15, 0.2) is 59.8 Å². The Bertz CT molecular complexity index is 931. The molecule has 1 fully saturated rings. The molecule has 4 rings (SSSR count). The zero-order valence-electron chi connectivity index (χ0n) is 21.2. The fraction of sp³-hybridized carbons (Fsp3) is 0.586. The number of carbonyl (C=O) groups is 2. The molecular weight excluding hydrogens is 412 g/mol. The van der Waals surface area contributed by atoms with Gasteiger partial charge in [0.25, 0.3) is 0 Å². The number of esters is 2. The maximum absolute atomic E-state index is 13.7. The molecule has 178 valence electrons. The van der Waals surface area contributed by atoms with Gasteiger partial charge in [0.2, 0.25) is 0 Å². The molecule has 4 nitrogen and oxygen atoms in total. The van der Waals surface area contributed by atoms with E-state index in [0.717, 1.165) is 11.1 Å². The van der Waals surface area contributed by atoms with Crippen molar-refractivity contribution in [2.75, 3.05) is 0 Å². The van der Waals surface area contributed by atoms with E-state index in [0.29, 0.717) is 0 Å². The van der Waals surface area contributed by atoms with E-state index in [1.165, 1.54) is 0 Å². The van der Waals surface area contributed by atoms with E-state index in [2.05, 4.69) is 52.0 Å². The smallest absolute Gasteiger partial charge is 0.311 e. The lowest BCUT2D eigenvalue weighted by Crippen LogP contribution is -2.45. The Hall–Kier alpha value is -2.36. The molecule has 0 N–H and O–H groups in total. The number of hydrogen-bond acceptors (Lipinski definition) is 4. The highest BCUT2D eigenvalue weighted by Gasteiger charge is 2.63. The standard InChI is InChI=1S/C29H38O4/c1-17-11-13-28(7,19(3)15-17)32-25(30)23-21-9-10-22(27(21,5)6)24(23)26(31)33-29(8)14-12-18(2)16-20(29)4/h9-16,19-24H,1-8H3. The summed E-state index contributed by atoms with van der Waals surface area (Å²) in [5, 5.41) is 0. The van der Waals surface area contributed by atoms with Crippen molar-refractivity contribution in [2.45, 2.75) is 66.6 Å². The summed E-state index contributed by atoms with van der Waals surface area (Å²) in [6, 6.07) is 0. The normalized spacial score (nSPS) is 42.7. The van der Waals surface area contributed by atoms with E-state index in [9.17, 15) is 9.59 Å². The van der Waals surface area contributed by atoms with Crippen LogP contribution < -0.4 is 0 Å². The molecule has 0 spiro atoms. The largest absolute Gasteiger partial charge is 0.454 e. The maximum atomic E-state index is 13.7. The first-order chi connectivity index (χ1) is 15.3. The van der Waals surface area contributed by atoms with Crippen molar-refractivity contribution in [1.82, 2.24) is 0 Å². The first-order valence-electron chi connectivity index (χ1n) is 12.2. The van der Waals surface area contributed by atoms with E-state index in [1.807, 2.05) is 52.0 Å². The molecule has 33 heavy (non-hydrogen) atoms. The van der Waals surface area contributed by atoms with E-state index >= 15 is 0 Å². The van der Waals surface area contributed by atoms with Gasteiger partial charge in [-0.05, 0) is 57.1 Å². The second-order valence-electron chi connectivity index (χ2n) is 11.6. The summed E-state index contributed by atoms with van der Waals surface area (Å²) in [6.07, 6.45) is 16.4. The van der Waals surface area contributed by atoms with E-state index in [1.54, 1.807) is 0 Å². The van der Waals surface area contributed by atoms with Gasteiger partial charge in [-0.25, -0.2) is 0 Å². The third-order valence-electron chi connectivity index (χ3n) is 8.78. The summed E-state index contributed by atoms with van der Waals surface area (Å²) in [6.45, 7) is 16.4. The second kappa shape index (κ2) is 7.85. The molecule has 0 aromatic heterocycles. The van der Waals surface area contributed by atoms with E-state index < -0.39 is 23.0 Å². The van der Waals surface area contributed by atoms with Gasteiger partial charge in [-0.15, -0.1) is 0 Å². The Morgan fingerprint density at radius 2 is 1.09 bits per heavy atom. The summed E-state index contributed by atoms with van der Waals surface area (Å²) < 4.78 is 12.3. The van der Waals surface area contributed by atoms with Crippen molar-refractivity contribution >= 4 is 11.9 Å². The van der Waals surface area contributed by atoms with Gasteiger partial charge < -0.3 is 9.47 Å². The average molecular weight is 451 g/mol. The summed E-state index contributed by atoms with van der Waals surface area (Å²) in [4.78, 5) is 27.4. The van der Waals surface area contributed by atoms with Gasteiger partial charge in [0.05, 0.1) is 11.8 Å². The maximum Gasteiger partial charge on any atom is 0.311 e. The zero-order valence-corrected chi connectivity index (χ0v) is 21.2. The number of ether oxygens (including phenoxy) is 2. The average Bonchev–Trinajstić information content (AvgIpc) is 3.14. The van der Waals surface area contributed by atoms with Gasteiger partial charge >= 0.3 is 11.9 Å². The molecule has 4 aliphatic rings. The van der Waals surface area contributed by atoms with Crippen LogP contribution in [0.3, 0.4) is 0 Å². The predicted molar refractivity (Wildman–Crippen MR) is 130 cm³/mol. The molecule has 4 aliphatic carbocycles. The van der Waals surface area contributed by atoms with Gasteiger partial charge in [0, 0.05) is 11.8 Å². The third kappa shape index (κ3) is 3.86. The number of hydrogen-bond donors (Lipinski definition) is 0. The Morgan fingerprint density at radius 3 is 1.42 bits per heavy atom. The molecule has 2 bridgehead atoms. The minimum Gasteiger partial charge on any atom is -0.454 e. The van der Waals surface area contributed by atoms with Crippen LogP contribution in [0.4, 0.5) is 0 Å². The summed E-state index contributed by atoms with van der Waals surface area (Å²) >= 11 is 0. The van der Waals surface area contributed by atoms with Crippen molar-refractivity contribution in [3.05, 3.63) is 59.8 Å². The van der Waals surface area contributed by atoms with Gasteiger partial charge in [-0.3, -0.25) is 9.59 Å². The quantitative estimate of drug-likeness (QED) is 0.391. The highest BCUT2D eigenvalue weighted by Crippen LogP contribution is 2.60. The van der Waals surface area contributed by atoms with Gasteiger partial charge in [-0.2, -0.15) is 0 Å². The Kier molecular flexibility index (Phi) is 5.66. The van der Waals surface area contributed by atoms with Gasteiger partial charge in [-0.1, -0.05) is 75.3 Å². The number of rotatable bonds is 4. The molecule has 0 saturated heterocycles. The monoisotopic (exact) mass is 450 g/mol. The lowest BCUT2D eigenvalue weighted by atomic mass is 9.79. The Balaban J connectivity index is 1.60. The van der Waals surface area contributed by atoms with Crippen molar-refractivity contribution < 1.29 is 19.1 Å². The molecule has 0 amide bonds. The number of allylic oxidation sites excluding steroid dienone is 6. The SMILES string of the molecule is CC1=CC(C)C(C)(OC(=O)C2C(C(=O)OC3(C)C=CC(C)=CC3C)C3C=CC2C3(C)C)C=C1. The van der Waals surface area contributed by atoms with Crippen LogP contribution in [0.2, 0.25) is 0 Å². The van der Waals surface area contributed by atoms with Crippen LogP contribution in [0.25, 0.3) is 0 Å². The molecule has 8 atom stereocenters. The van der Waals surface area contributed by atoms with Gasteiger partial charge in [0.15, 0.2) is 0 Å². The van der Waals surface area contributed by atoms with E-state index in [-0.39, 0.29) is 41.0 Å². The molecular formula is C29H38O4. The van der Waals surface area contributed by atoms with Crippen molar-refractivity contribution in [3.8, 4) is 0 Å². The van der Waals surface area contributed by atoms with Crippen LogP contribution in [0, 0.1) is 40.9 Å². The minimum atomic E-state index is -0.727. The predicted octanol–water partition coefficient (Wildman–Crippen LogP) is 5.97. The highest BCUT2D eigenvalue weighted by atomic mass is 16.6. The first-order valence-corrected chi connectivity index (χ1v) is 12.2. The van der Waals surface area contributed by atoms with Crippen LogP contribution >= 0.6 is 0 Å². The summed E-state index contributed by atoms with van der Waals surface area (Å²) in [5.41, 5.74) is 0.664. The Morgan fingerprint density at radius 1 is 0.727 bits per heavy atom. The Labute approximate surface area is 198 Å². The fourth-order valence-electron chi connectivity index (χ4n) is 6.11. The topological polar surface area (TPSA) is 52.6 Å². The number of fused-ring (bicyclic) bond motifs is 2. The highest BCUT2D eigenvalue weighted by molar-refractivity contribution is 5.85. The molecule has 8 unspecified atom stereocenters. The molecule has 0 aromatic carbocycles. The van der Waals surface area contributed by atoms with E-state index in [4.69, 9.17) is 9.47 Å². The van der Waals surface area contributed by atoms with Crippen LogP contribution in [0.1, 0.15) is 55.4 Å². The first kappa shape index (κ1) is 23.8. The molecule has 1 saturated carbocycles. The zero-order chi connectivity index (χ0) is 24.3. The summed E-state index contributed by atoms with van der Waals surface area (Å²) in [5.74, 6) is -1.69. The fourth-order valence-corrected chi connectivity index (χ4v) is 6.11. The molecule has 0 radical (unpaired) electrons. The van der Waals surface area contributed by atoms with Crippen LogP contribution in [-0.2, 0) is 19.1 Å².